The minimum atomic E-state index is -1.11. The topological polar surface area (TPSA) is 148 Å². The highest BCUT2D eigenvalue weighted by Crippen LogP contribution is 2.18. The summed E-state index contributed by atoms with van der Waals surface area (Å²) in [5.74, 6) is -1.69. The summed E-state index contributed by atoms with van der Waals surface area (Å²) in [7, 11) is 0. The van der Waals surface area contributed by atoms with Gasteiger partial charge in [0.1, 0.15) is 23.2 Å². The van der Waals surface area contributed by atoms with Gasteiger partial charge in [0.25, 0.3) is 5.56 Å². The van der Waals surface area contributed by atoms with Gasteiger partial charge in [-0.05, 0) is 45.3 Å². The Balaban J connectivity index is 1.45. The standard InChI is InChI=1S/C35H39N5O6/c1-35(2,3)46-34(45)38-27-23-37-31(25-15-8-5-9-16-25)40(33(27)44)22-12-19-29(42)39-30(26-17-10-11-18-28(26)41)32(43)36-21-20-24-13-6-4-7-14-24/h4-11,13-18,23,26,30H,12,19-22H2,1-3H3,(H,36,43)(H,38,45)(H,39,42). The van der Waals surface area contributed by atoms with Crippen molar-refractivity contribution in [3.05, 3.63) is 107 Å². The zero-order chi connectivity index (χ0) is 33.1. The van der Waals surface area contributed by atoms with Crippen LogP contribution in [0.4, 0.5) is 10.5 Å². The van der Waals surface area contributed by atoms with Crippen molar-refractivity contribution in [3.8, 4) is 11.4 Å². The number of carbonyl (C=O) groups is 4. The number of hydrogen-bond acceptors (Lipinski definition) is 7. The maximum atomic E-state index is 13.5. The molecule has 2 atom stereocenters. The van der Waals surface area contributed by atoms with Crippen molar-refractivity contribution in [1.29, 1.82) is 0 Å². The highest BCUT2D eigenvalue weighted by molar-refractivity contribution is 6.00. The van der Waals surface area contributed by atoms with Gasteiger partial charge in [-0.25, -0.2) is 9.78 Å². The van der Waals surface area contributed by atoms with Crippen molar-refractivity contribution in [2.45, 2.75) is 58.2 Å². The third-order valence-electron chi connectivity index (χ3n) is 7.03. The predicted octanol–water partition coefficient (Wildman–Crippen LogP) is 4.19. The van der Waals surface area contributed by atoms with E-state index in [1.807, 2.05) is 48.5 Å². The molecule has 0 bridgehead atoms. The van der Waals surface area contributed by atoms with E-state index >= 15 is 0 Å². The SMILES string of the molecule is CC(C)(C)OC(=O)Nc1cnc(-c2ccccc2)n(CCCC(=O)NC(C(=O)NCCc2ccccc2)C2C=CC=CC2=O)c1=O. The Morgan fingerprint density at radius 3 is 2.35 bits per heavy atom. The second kappa shape index (κ2) is 15.6. The van der Waals surface area contributed by atoms with Gasteiger partial charge in [-0.3, -0.25) is 29.1 Å². The maximum Gasteiger partial charge on any atom is 0.412 e. The van der Waals surface area contributed by atoms with Crippen molar-refractivity contribution in [3.63, 3.8) is 0 Å². The molecule has 1 aromatic heterocycles. The number of carbonyl (C=O) groups excluding carboxylic acids is 4. The fourth-order valence-corrected chi connectivity index (χ4v) is 4.88. The monoisotopic (exact) mass is 625 g/mol. The van der Waals surface area contributed by atoms with Gasteiger partial charge in [-0.15, -0.1) is 0 Å². The number of aromatic nitrogens is 2. The Hall–Kier alpha value is -5.32. The molecule has 0 fully saturated rings. The molecule has 0 saturated heterocycles. The van der Waals surface area contributed by atoms with E-state index < -0.39 is 41.0 Å². The molecule has 0 saturated carbocycles. The fourth-order valence-electron chi connectivity index (χ4n) is 4.88. The van der Waals surface area contributed by atoms with E-state index in [0.29, 0.717) is 24.4 Å². The molecule has 46 heavy (non-hydrogen) atoms. The molecule has 4 rings (SSSR count). The summed E-state index contributed by atoms with van der Waals surface area (Å²) < 4.78 is 6.67. The molecule has 3 aromatic rings. The molecule has 0 spiro atoms. The van der Waals surface area contributed by atoms with Crippen LogP contribution in [-0.4, -0.2) is 51.4 Å². The second-order valence-electron chi connectivity index (χ2n) is 11.8. The number of allylic oxidation sites excluding steroid dienone is 3. The third-order valence-corrected chi connectivity index (χ3v) is 7.03. The number of benzene rings is 2. The molecule has 2 aromatic carbocycles. The predicted molar refractivity (Wildman–Crippen MR) is 175 cm³/mol. The summed E-state index contributed by atoms with van der Waals surface area (Å²) in [6.07, 6.45) is 7.49. The average Bonchev–Trinajstić information content (AvgIpc) is 3.02. The Labute approximate surface area is 267 Å². The normalized spacial score (nSPS) is 14.8. The van der Waals surface area contributed by atoms with Gasteiger partial charge >= 0.3 is 6.09 Å². The van der Waals surface area contributed by atoms with Gasteiger partial charge < -0.3 is 15.4 Å². The molecule has 11 nitrogen and oxygen atoms in total. The van der Waals surface area contributed by atoms with E-state index in [1.54, 1.807) is 51.1 Å². The molecule has 0 radical (unpaired) electrons. The van der Waals surface area contributed by atoms with Crippen molar-refractivity contribution in [1.82, 2.24) is 20.2 Å². The summed E-state index contributed by atoms with van der Waals surface area (Å²) in [5, 5.41) is 8.05. The highest BCUT2D eigenvalue weighted by Gasteiger charge is 2.32. The molecule has 0 aliphatic heterocycles. The Morgan fingerprint density at radius 1 is 0.978 bits per heavy atom. The van der Waals surface area contributed by atoms with Crippen molar-refractivity contribution < 1.29 is 23.9 Å². The summed E-state index contributed by atoms with van der Waals surface area (Å²) in [5.41, 5.74) is 0.376. The summed E-state index contributed by atoms with van der Waals surface area (Å²) in [6.45, 7) is 5.56. The van der Waals surface area contributed by atoms with E-state index in [9.17, 15) is 24.0 Å². The molecular weight excluding hydrogens is 586 g/mol. The van der Waals surface area contributed by atoms with Crippen LogP contribution in [0.15, 0.2) is 96.0 Å². The van der Waals surface area contributed by atoms with Crippen LogP contribution in [0.1, 0.15) is 39.2 Å². The van der Waals surface area contributed by atoms with Crippen LogP contribution in [0.3, 0.4) is 0 Å². The first-order chi connectivity index (χ1) is 22.0. The summed E-state index contributed by atoms with van der Waals surface area (Å²) in [4.78, 5) is 69.4. The van der Waals surface area contributed by atoms with Crippen LogP contribution in [0.5, 0.6) is 0 Å². The number of hydrogen-bond donors (Lipinski definition) is 3. The molecule has 1 heterocycles. The van der Waals surface area contributed by atoms with Crippen LogP contribution >= 0.6 is 0 Å². The number of nitrogens with one attached hydrogen (secondary N) is 3. The van der Waals surface area contributed by atoms with Crippen molar-refractivity contribution >= 4 is 29.4 Å². The lowest BCUT2D eigenvalue weighted by atomic mass is 9.90. The molecule has 1 aliphatic carbocycles. The van der Waals surface area contributed by atoms with Gasteiger partial charge in [-0.2, -0.15) is 0 Å². The zero-order valence-electron chi connectivity index (χ0n) is 26.2. The summed E-state index contributed by atoms with van der Waals surface area (Å²) >= 11 is 0. The number of ketones is 1. The maximum absolute atomic E-state index is 13.5. The lowest BCUT2D eigenvalue weighted by Crippen LogP contribution is -2.52. The van der Waals surface area contributed by atoms with E-state index in [0.717, 1.165) is 5.56 Å². The Morgan fingerprint density at radius 2 is 1.67 bits per heavy atom. The highest BCUT2D eigenvalue weighted by atomic mass is 16.6. The van der Waals surface area contributed by atoms with Gasteiger partial charge in [0, 0.05) is 25.1 Å². The quantitative estimate of drug-likeness (QED) is 0.273. The number of ether oxygens (including phenoxy) is 1. The van der Waals surface area contributed by atoms with Crippen LogP contribution in [0, 0.1) is 5.92 Å². The van der Waals surface area contributed by atoms with E-state index in [1.165, 1.54) is 16.8 Å². The van der Waals surface area contributed by atoms with Crippen molar-refractivity contribution in [2.24, 2.45) is 5.92 Å². The number of nitrogens with zero attached hydrogens (tertiary/aromatic N) is 2. The van der Waals surface area contributed by atoms with Gasteiger partial charge in [0.2, 0.25) is 11.8 Å². The number of rotatable bonds is 12. The molecule has 1 aliphatic rings. The molecule has 3 N–H and O–H groups in total. The minimum Gasteiger partial charge on any atom is -0.444 e. The summed E-state index contributed by atoms with van der Waals surface area (Å²) in [6, 6.07) is 17.6. The van der Waals surface area contributed by atoms with Crippen LogP contribution in [-0.2, 0) is 32.1 Å². The Kier molecular flexibility index (Phi) is 11.4. The van der Waals surface area contributed by atoms with Gasteiger partial charge in [-0.1, -0.05) is 78.9 Å². The minimum absolute atomic E-state index is 0.0430. The first kappa shape index (κ1) is 33.6. The lowest BCUT2D eigenvalue weighted by molar-refractivity contribution is -0.132. The average molecular weight is 626 g/mol. The van der Waals surface area contributed by atoms with E-state index in [4.69, 9.17) is 4.74 Å². The fraction of sp³-hybridized carbons (Fsp3) is 0.314. The van der Waals surface area contributed by atoms with Gasteiger partial charge in [0.05, 0.1) is 12.1 Å². The van der Waals surface area contributed by atoms with Crippen molar-refractivity contribution in [2.75, 3.05) is 11.9 Å². The first-order valence-corrected chi connectivity index (χ1v) is 15.2. The lowest BCUT2D eigenvalue weighted by Gasteiger charge is -2.24. The number of amides is 3. The van der Waals surface area contributed by atoms with Crippen LogP contribution in [0.25, 0.3) is 11.4 Å². The molecule has 2 unspecified atom stereocenters. The molecule has 11 heteroatoms. The molecule has 240 valence electrons. The van der Waals surface area contributed by atoms with Gasteiger partial charge in [0.15, 0.2) is 5.78 Å². The van der Waals surface area contributed by atoms with E-state index in [-0.39, 0.29) is 30.9 Å². The largest absolute Gasteiger partial charge is 0.444 e. The number of anilines is 1. The smallest absolute Gasteiger partial charge is 0.412 e. The Bertz CT molecular complexity index is 1660. The van der Waals surface area contributed by atoms with Crippen LogP contribution in [0.2, 0.25) is 0 Å². The van der Waals surface area contributed by atoms with E-state index in [2.05, 4.69) is 20.9 Å². The van der Waals surface area contributed by atoms with Crippen LogP contribution < -0.4 is 21.5 Å². The second-order valence-corrected chi connectivity index (χ2v) is 11.8. The third kappa shape index (κ3) is 9.59. The molecule has 3 amide bonds. The molecular formula is C35H39N5O6. The zero-order valence-corrected chi connectivity index (χ0v) is 26.2. The first-order valence-electron chi connectivity index (χ1n) is 15.2.